The van der Waals surface area contributed by atoms with E-state index in [0.717, 1.165) is 50.5 Å². The molecule has 0 bridgehead atoms. The number of ether oxygens (including phenoxy) is 3. The minimum Gasteiger partial charge on any atom is -0.497 e. The molecular formula is C22H27NO4. The molecule has 0 saturated carbocycles. The normalized spacial score (nSPS) is 14.8. The smallest absolute Gasteiger partial charge is 0.253 e. The number of methoxy groups -OCH3 is 2. The third-order valence-corrected chi connectivity index (χ3v) is 5.03. The van der Waals surface area contributed by atoms with Crippen LogP contribution in [0.3, 0.4) is 0 Å². The summed E-state index contributed by atoms with van der Waals surface area (Å²) in [6, 6.07) is 14.7. The molecule has 1 amide bonds. The number of carbonyl (C=O) groups is 1. The maximum Gasteiger partial charge on any atom is 0.253 e. The number of likely N-dealkylation sites (tertiary alicyclic amines) is 1. The molecule has 0 N–H and O–H groups in total. The van der Waals surface area contributed by atoms with Crippen molar-refractivity contribution in [2.45, 2.75) is 19.3 Å². The Kier molecular flexibility index (Phi) is 6.71. The molecule has 27 heavy (non-hydrogen) atoms. The minimum atomic E-state index is 0.0937. The van der Waals surface area contributed by atoms with E-state index in [2.05, 4.69) is 0 Å². The van der Waals surface area contributed by atoms with Crippen LogP contribution in [0.5, 0.6) is 17.2 Å². The van der Waals surface area contributed by atoms with Gasteiger partial charge in [0.15, 0.2) is 0 Å². The minimum absolute atomic E-state index is 0.0937. The first kappa shape index (κ1) is 19.2. The molecule has 0 aliphatic carbocycles. The summed E-state index contributed by atoms with van der Waals surface area (Å²) >= 11 is 0. The fourth-order valence-electron chi connectivity index (χ4n) is 3.34. The van der Waals surface area contributed by atoms with Gasteiger partial charge >= 0.3 is 0 Å². The number of amides is 1. The van der Waals surface area contributed by atoms with Crippen molar-refractivity contribution < 1.29 is 19.0 Å². The quantitative estimate of drug-likeness (QED) is 0.727. The van der Waals surface area contributed by atoms with Crippen molar-refractivity contribution in [1.29, 1.82) is 0 Å². The SMILES string of the molecule is COCCC1CCN(C(=O)c2ccc(Oc3ccc(OC)cc3)cc2)CC1. The summed E-state index contributed by atoms with van der Waals surface area (Å²) in [4.78, 5) is 14.7. The average molecular weight is 369 g/mol. The van der Waals surface area contributed by atoms with Crippen LogP contribution < -0.4 is 9.47 Å². The molecule has 0 atom stereocenters. The third-order valence-electron chi connectivity index (χ3n) is 5.03. The molecular weight excluding hydrogens is 342 g/mol. The molecule has 1 fully saturated rings. The van der Waals surface area contributed by atoms with Crippen molar-refractivity contribution in [2.75, 3.05) is 33.9 Å². The van der Waals surface area contributed by atoms with Crippen LogP contribution >= 0.6 is 0 Å². The van der Waals surface area contributed by atoms with Gasteiger partial charge in [-0.1, -0.05) is 0 Å². The van der Waals surface area contributed by atoms with Gasteiger partial charge in [-0.2, -0.15) is 0 Å². The van der Waals surface area contributed by atoms with Gasteiger partial charge in [0, 0.05) is 32.4 Å². The number of piperidine rings is 1. The molecule has 0 aromatic heterocycles. The summed E-state index contributed by atoms with van der Waals surface area (Å²) in [7, 11) is 3.37. The van der Waals surface area contributed by atoms with Crippen LogP contribution in [0.1, 0.15) is 29.6 Å². The summed E-state index contributed by atoms with van der Waals surface area (Å²) in [6.07, 6.45) is 3.18. The van der Waals surface area contributed by atoms with Gasteiger partial charge in [0.2, 0.25) is 0 Å². The largest absolute Gasteiger partial charge is 0.497 e. The highest BCUT2D eigenvalue weighted by Gasteiger charge is 2.23. The Morgan fingerprint density at radius 3 is 2.04 bits per heavy atom. The van der Waals surface area contributed by atoms with Crippen LogP contribution in [-0.2, 0) is 4.74 Å². The van der Waals surface area contributed by atoms with Crippen LogP contribution in [-0.4, -0.2) is 44.7 Å². The van der Waals surface area contributed by atoms with E-state index < -0.39 is 0 Å². The van der Waals surface area contributed by atoms with Gasteiger partial charge in [0.05, 0.1) is 7.11 Å². The van der Waals surface area contributed by atoms with Crippen molar-refractivity contribution >= 4 is 5.91 Å². The van der Waals surface area contributed by atoms with Crippen molar-refractivity contribution in [3.63, 3.8) is 0 Å². The summed E-state index contributed by atoms with van der Waals surface area (Å²) in [5.74, 6) is 2.97. The number of hydrogen-bond acceptors (Lipinski definition) is 4. The molecule has 1 saturated heterocycles. The number of benzene rings is 2. The zero-order valence-corrected chi connectivity index (χ0v) is 16.0. The molecule has 5 heteroatoms. The Morgan fingerprint density at radius 2 is 1.48 bits per heavy atom. The molecule has 2 aromatic carbocycles. The molecule has 2 aromatic rings. The molecule has 0 spiro atoms. The molecule has 1 aliphatic rings. The second kappa shape index (κ2) is 9.42. The first-order chi connectivity index (χ1) is 13.2. The van der Waals surface area contributed by atoms with E-state index in [0.29, 0.717) is 17.2 Å². The summed E-state index contributed by atoms with van der Waals surface area (Å²) in [5, 5.41) is 0. The molecule has 0 unspecified atom stereocenters. The van der Waals surface area contributed by atoms with Crippen molar-refractivity contribution in [3.05, 3.63) is 54.1 Å². The topological polar surface area (TPSA) is 48.0 Å². The first-order valence-electron chi connectivity index (χ1n) is 9.40. The van der Waals surface area contributed by atoms with Gasteiger partial charge in [-0.3, -0.25) is 4.79 Å². The summed E-state index contributed by atoms with van der Waals surface area (Å²) < 4.78 is 16.1. The lowest BCUT2D eigenvalue weighted by Gasteiger charge is -2.32. The van der Waals surface area contributed by atoms with E-state index in [1.807, 2.05) is 53.4 Å². The van der Waals surface area contributed by atoms with Crippen molar-refractivity contribution in [3.8, 4) is 17.2 Å². The lowest BCUT2D eigenvalue weighted by atomic mass is 9.93. The fraction of sp³-hybridized carbons (Fsp3) is 0.409. The number of rotatable bonds is 7. The zero-order chi connectivity index (χ0) is 19.1. The molecule has 1 aliphatic heterocycles. The monoisotopic (exact) mass is 369 g/mol. The van der Waals surface area contributed by atoms with Crippen LogP contribution in [0.4, 0.5) is 0 Å². The Labute approximate surface area is 160 Å². The van der Waals surface area contributed by atoms with Gasteiger partial charge < -0.3 is 19.1 Å². The second-order valence-electron chi connectivity index (χ2n) is 6.82. The standard InChI is InChI=1S/C22H27NO4/c1-25-16-13-17-11-14-23(15-12-17)22(24)18-3-5-20(6-4-18)27-21-9-7-19(26-2)8-10-21/h3-10,17H,11-16H2,1-2H3. The van der Waals surface area contributed by atoms with E-state index in [9.17, 15) is 4.79 Å². The maximum absolute atomic E-state index is 12.7. The lowest BCUT2D eigenvalue weighted by molar-refractivity contribution is 0.0669. The maximum atomic E-state index is 12.7. The van der Waals surface area contributed by atoms with Crippen molar-refractivity contribution in [1.82, 2.24) is 4.90 Å². The Hall–Kier alpha value is -2.53. The molecule has 3 rings (SSSR count). The second-order valence-corrected chi connectivity index (χ2v) is 6.82. The van der Waals surface area contributed by atoms with E-state index in [-0.39, 0.29) is 5.91 Å². The molecule has 1 heterocycles. The van der Waals surface area contributed by atoms with Crippen LogP contribution in [0.2, 0.25) is 0 Å². The average Bonchev–Trinajstić information content (AvgIpc) is 2.73. The van der Waals surface area contributed by atoms with Crippen LogP contribution in [0, 0.1) is 5.92 Å². The highest BCUT2D eigenvalue weighted by atomic mass is 16.5. The molecule has 144 valence electrons. The Morgan fingerprint density at radius 1 is 0.926 bits per heavy atom. The van der Waals surface area contributed by atoms with E-state index >= 15 is 0 Å². The Bertz CT molecular complexity index is 719. The predicted molar refractivity (Wildman–Crippen MR) is 105 cm³/mol. The summed E-state index contributed by atoms with van der Waals surface area (Å²) in [6.45, 7) is 2.43. The van der Waals surface area contributed by atoms with Crippen LogP contribution in [0.15, 0.2) is 48.5 Å². The van der Waals surface area contributed by atoms with Gasteiger partial charge in [0.1, 0.15) is 17.2 Å². The lowest BCUT2D eigenvalue weighted by Crippen LogP contribution is -2.38. The van der Waals surface area contributed by atoms with Gasteiger partial charge in [-0.05, 0) is 73.7 Å². The van der Waals surface area contributed by atoms with Gasteiger partial charge in [-0.25, -0.2) is 0 Å². The summed E-state index contributed by atoms with van der Waals surface area (Å²) in [5.41, 5.74) is 0.701. The van der Waals surface area contributed by atoms with Crippen molar-refractivity contribution in [2.24, 2.45) is 5.92 Å². The van der Waals surface area contributed by atoms with Crippen LogP contribution in [0.25, 0.3) is 0 Å². The Balaban J connectivity index is 1.54. The van der Waals surface area contributed by atoms with Gasteiger partial charge in [0.25, 0.3) is 5.91 Å². The highest BCUT2D eigenvalue weighted by molar-refractivity contribution is 5.94. The number of carbonyl (C=O) groups excluding carboxylic acids is 1. The van der Waals surface area contributed by atoms with E-state index in [4.69, 9.17) is 14.2 Å². The molecule has 5 nitrogen and oxygen atoms in total. The van der Waals surface area contributed by atoms with E-state index in [1.165, 1.54) is 0 Å². The number of hydrogen-bond donors (Lipinski definition) is 0. The number of nitrogens with zero attached hydrogens (tertiary/aromatic N) is 1. The van der Waals surface area contributed by atoms with E-state index in [1.54, 1.807) is 14.2 Å². The molecule has 0 radical (unpaired) electrons. The zero-order valence-electron chi connectivity index (χ0n) is 16.0. The fourth-order valence-corrected chi connectivity index (χ4v) is 3.34. The third kappa shape index (κ3) is 5.23. The predicted octanol–water partition coefficient (Wildman–Crippen LogP) is 4.38. The van der Waals surface area contributed by atoms with Gasteiger partial charge in [-0.15, -0.1) is 0 Å². The highest BCUT2D eigenvalue weighted by Crippen LogP contribution is 2.25. The first-order valence-corrected chi connectivity index (χ1v) is 9.40.